The average Bonchev–Trinajstić information content (AvgIpc) is 2.59. The van der Waals surface area contributed by atoms with Gasteiger partial charge in [-0.3, -0.25) is 0 Å². The molecule has 2 fully saturated rings. The molecular formula is C20H29F2N. The van der Waals surface area contributed by atoms with Crippen LogP contribution in [0.2, 0.25) is 0 Å². The Bertz CT molecular complexity index is 500. The Hall–Kier alpha value is -0.990. The fraction of sp³-hybridized carbons (Fsp3) is 0.750. The third kappa shape index (κ3) is 4.10. The van der Waals surface area contributed by atoms with E-state index in [2.05, 4.69) is 11.9 Å². The van der Waals surface area contributed by atoms with Crippen LogP contribution in [-0.4, -0.2) is 4.98 Å². The quantitative estimate of drug-likeness (QED) is 0.598. The summed E-state index contributed by atoms with van der Waals surface area (Å²) < 4.78 is 26.3. The highest BCUT2D eigenvalue weighted by molar-refractivity contribution is 5.17. The maximum atomic E-state index is 13.4. The van der Waals surface area contributed by atoms with Crippen molar-refractivity contribution in [2.24, 2.45) is 17.8 Å². The molecule has 0 saturated heterocycles. The fourth-order valence-corrected chi connectivity index (χ4v) is 4.94. The van der Waals surface area contributed by atoms with Crippen LogP contribution >= 0.6 is 0 Å². The number of hydrogen-bond donors (Lipinski definition) is 0. The van der Waals surface area contributed by atoms with E-state index in [-0.39, 0.29) is 0 Å². The zero-order valence-corrected chi connectivity index (χ0v) is 14.2. The second kappa shape index (κ2) is 7.72. The van der Waals surface area contributed by atoms with E-state index >= 15 is 0 Å². The van der Waals surface area contributed by atoms with Gasteiger partial charge in [-0.05, 0) is 73.8 Å². The van der Waals surface area contributed by atoms with Crippen LogP contribution in [0.15, 0.2) is 12.3 Å². The highest BCUT2D eigenvalue weighted by Gasteiger charge is 2.31. The summed E-state index contributed by atoms with van der Waals surface area (Å²) in [6.07, 6.45) is 14.6. The van der Waals surface area contributed by atoms with Crippen molar-refractivity contribution >= 4 is 0 Å². The van der Waals surface area contributed by atoms with Crippen LogP contribution in [0, 0.1) is 29.5 Å². The Balaban J connectivity index is 1.50. The third-order valence-corrected chi connectivity index (χ3v) is 6.32. The van der Waals surface area contributed by atoms with Gasteiger partial charge >= 0.3 is 0 Å². The molecule has 1 aromatic heterocycles. The van der Waals surface area contributed by atoms with Crippen molar-refractivity contribution in [1.82, 2.24) is 4.98 Å². The van der Waals surface area contributed by atoms with Crippen molar-refractivity contribution in [2.75, 3.05) is 0 Å². The zero-order chi connectivity index (χ0) is 16.2. The first kappa shape index (κ1) is 16.9. The molecule has 128 valence electrons. The Morgan fingerprint density at radius 1 is 0.957 bits per heavy atom. The summed E-state index contributed by atoms with van der Waals surface area (Å²) in [6, 6.07) is 1.35. The van der Waals surface area contributed by atoms with Gasteiger partial charge in [-0.2, -0.15) is 4.39 Å². The van der Waals surface area contributed by atoms with Gasteiger partial charge in [0.05, 0.1) is 0 Å². The van der Waals surface area contributed by atoms with E-state index in [1.165, 1.54) is 63.6 Å². The monoisotopic (exact) mass is 321 g/mol. The smallest absolute Gasteiger partial charge is 0.225 e. The lowest BCUT2D eigenvalue weighted by Crippen LogP contribution is -2.25. The van der Waals surface area contributed by atoms with Crippen LogP contribution in [0.5, 0.6) is 0 Å². The van der Waals surface area contributed by atoms with Gasteiger partial charge in [0.1, 0.15) is 0 Å². The van der Waals surface area contributed by atoms with Crippen molar-refractivity contribution in [3.8, 4) is 0 Å². The van der Waals surface area contributed by atoms with Gasteiger partial charge in [0.2, 0.25) is 5.95 Å². The summed E-state index contributed by atoms with van der Waals surface area (Å²) in [6.45, 7) is 2.29. The topological polar surface area (TPSA) is 12.9 Å². The van der Waals surface area contributed by atoms with E-state index in [1.807, 2.05) is 0 Å². The number of halogens is 2. The van der Waals surface area contributed by atoms with Crippen molar-refractivity contribution < 1.29 is 8.78 Å². The first-order valence-corrected chi connectivity index (χ1v) is 9.48. The summed E-state index contributed by atoms with van der Waals surface area (Å²) in [5.74, 6) is 1.32. The minimum atomic E-state index is -0.980. The predicted molar refractivity (Wildman–Crippen MR) is 89.2 cm³/mol. The van der Waals surface area contributed by atoms with Crippen LogP contribution in [0.4, 0.5) is 8.78 Å². The van der Waals surface area contributed by atoms with Gasteiger partial charge < -0.3 is 0 Å². The molecule has 0 radical (unpaired) electrons. The van der Waals surface area contributed by atoms with Gasteiger partial charge in [0, 0.05) is 6.20 Å². The maximum Gasteiger partial charge on any atom is 0.248 e. The normalized spacial score (nSPS) is 32.0. The molecule has 23 heavy (non-hydrogen) atoms. The largest absolute Gasteiger partial charge is 0.248 e. The summed E-state index contributed by atoms with van der Waals surface area (Å²) in [5.41, 5.74) is 0.883. The molecule has 0 atom stereocenters. The Kier molecular flexibility index (Phi) is 5.66. The van der Waals surface area contributed by atoms with Crippen LogP contribution in [0.25, 0.3) is 0 Å². The first-order valence-electron chi connectivity index (χ1n) is 9.48. The standard InChI is InChI=1S/C20H29F2N/c1-2-3-14-4-6-15(7-5-14)16-8-10-17(11-9-16)18-12-19(21)20(22)23-13-18/h12-17H,2-11H2,1H3/t14-,15-,16?,17?. The van der Waals surface area contributed by atoms with Gasteiger partial charge in [0.15, 0.2) is 5.82 Å². The lowest BCUT2D eigenvalue weighted by molar-refractivity contribution is 0.156. The number of nitrogens with zero attached hydrogens (tertiary/aromatic N) is 1. The van der Waals surface area contributed by atoms with E-state index in [4.69, 9.17) is 0 Å². The second-order valence-corrected chi connectivity index (χ2v) is 7.72. The molecule has 2 aliphatic carbocycles. The highest BCUT2D eigenvalue weighted by atomic mass is 19.2. The molecule has 0 N–H and O–H groups in total. The second-order valence-electron chi connectivity index (χ2n) is 7.72. The Labute approximate surface area is 138 Å². The number of rotatable bonds is 4. The summed E-state index contributed by atoms with van der Waals surface area (Å²) >= 11 is 0. The first-order chi connectivity index (χ1) is 11.2. The van der Waals surface area contributed by atoms with Crippen LogP contribution in [0.3, 0.4) is 0 Å². The van der Waals surface area contributed by atoms with E-state index in [0.717, 1.165) is 36.2 Å². The van der Waals surface area contributed by atoms with E-state index < -0.39 is 11.8 Å². The summed E-state index contributed by atoms with van der Waals surface area (Å²) in [7, 11) is 0. The molecule has 2 saturated carbocycles. The molecule has 3 rings (SSSR count). The lowest BCUT2D eigenvalue weighted by Gasteiger charge is -2.38. The Morgan fingerprint density at radius 3 is 2.13 bits per heavy atom. The van der Waals surface area contributed by atoms with Crippen molar-refractivity contribution in [3.05, 3.63) is 29.6 Å². The molecule has 0 spiro atoms. The molecule has 0 bridgehead atoms. The molecular weight excluding hydrogens is 292 g/mol. The minimum absolute atomic E-state index is 0.366. The molecule has 1 nitrogen and oxygen atoms in total. The molecule has 0 aromatic carbocycles. The lowest BCUT2D eigenvalue weighted by atomic mass is 9.68. The molecule has 0 amide bonds. The van der Waals surface area contributed by atoms with E-state index in [9.17, 15) is 8.78 Å². The van der Waals surface area contributed by atoms with Crippen LogP contribution in [0.1, 0.15) is 82.6 Å². The van der Waals surface area contributed by atoms with Gasteiger partial charge in [0.25, 0.3) is 0 Å². The van der Waals surface area contributed by atoms with Crippen molar-refractivity contribution in [1.29, 1.82) is 0 Å². The van der Waals surface area contributed by atoms with E-state index in [0.29, 0.717) is 5.92 Å². The van der Waals surface area contributed by atoms with Crippen molar-refractivity contribution in [2.45, 2.75) is 77.0 Å². The minimum Gasteiger partial charge on any atom is -0.225 e. The third-order valence-electron chi connectivity index (χ3n) is 6.32. The molecule has 1 heterocycles. The number of aromatic nitrogens is 1. The Morgan fingerprint density at radius 2 is 1.57 bits per heavy atom. The molecule has 0 unspecified atom stereocenters. The average molecular weight is 321 g/mol. The molecule has 0 aliphatic heterocycles. The summed E-state index contributed by atoms with van der Waals surface area (Å²) in [5, 5.41) is 0. The van der Waals surface area contributed by atoms with Crippen molar-refractivity contribution in [3.63, 3.8) is 0 Å². The van der Waals surface area contributed by atoms with Gasteiger partial charge in [-0.25, -0.2) is 9.37 Å². The van der Waals surface area contributed by atoms with Crippen LogP contribution in [-0.2, 0) is 0 Å². The summed E-state index contributed by atoms with van der Waals surface area (Å²) in [4.78, 5) is 3.55. The SMILES string of the molecule is CCC[C@H]1CC[C@H](C2CCC(c3cnc(F)c(F)c3)CC2)CC1. The fourth-order valence-electron chi connectivity index (χ4n) is 4.94. The number of hydrogen-bond acceptors (Lipinski definition) is 1. The molecule has 2 aliphatic rings. The maximum absolute atomic E-state index is 13.4. The highest BCUT2D eigenvalue weighted by Crippen LogP contribution is 2.44. The van der Waals surface area contributed by atoms with Gasteiger partial charge in [-0.15, -0.1) is 0 Å². The molecule has 1 aromatic rings. The van der Waals surface area contributed by atoms with E-state index in [1.54, 1.807) is 0 Å². The molecule has 3 heteroatoms. The van der Waals surface area contributed by atoms with Crippen LogP contribution < -0.4 is 0 Å². The number of pyridine rings is 1. The predicted octanol–water partition coefficient (Wildman–Crippen LogP) is 6.24. The zero-order valence-electron chi connectivity index (χ0n) is 14.2. The van der Waals surface area contributed by atoms with Gasteiger partial charge in [-0.1, -0.05) is 32.6 Å².